The Labute approximate surface area is 108 Å². The van der Waals surface area contributed by atoms with Crippen LogP contribution >= 0.6 is 0 Å². The van der Waals surface area contributed by atoms with Gasteiger partial charge in [-0.15, -0.1) is 0 Å². The summed E-state index contributed by atoms with van der Waals surface area (Å²) in [5.74, 6) is -0.890. The number of benzene rings is 1. The minimum atomic E-state index is -4.61. The minimum absolute atomic E-state index is 0.0978. The van der Waals surface area contributed by atoms with Crippen molar-refractivity contribution in [2.24, 2.45) is 11.7 Å². The van der Waals surface area contributed by atoms with E-state index in [0.29, 0.717) is 6.07 Å². The van der Waals surface area contributed by atoms with Crippen LogP contribution in [0.4, 0.5) is 17.6 Å². The third-order valence-corrected chi connectivity index (χ3v) is 3.68. The molecular weight excluding hydrogens is 262 g/mol. The summed E-state index contributed by atoms with van der Waals surface area (Å²) in [4.78, 5) is 0. The highest BCUT2D eigenvalue weighted by atomic mass is 19.4. The average Bonchev–Trinajstić information content (AvgIpc) is 2.23. The van der Waals surface area contributed by atoms with E-state index in [4.69, 9.17) is 5.73 Å². The molecule has 3 N–H and O–H groups in total. The van der Waals surface area contributed by atoms with Gasteiger partial charge in [-0.25, -0.2) is 4.39 Å². The highest BCUT2D eigenvalue weighted by Gasteiger charge is 2.38. The molecule has 0 unspecified atom stereocenters. The Kier molecular flexibility index (Phi) is 3.82. The number of alkyl halides is 3. The highest BCUT2D eigenvalue weighted by Crippen LogP contribution is 2.39. The van der Waals surface area contributed by atoms with Crippen LogP contribution < -0.4 is 5.73 Å². The van der Waals surface area contributed by atoms with Crippen LogP contribution in [0, 0.1) is 11.7 Å². The van der Waals surface area contributed by atoms with Crippen LogP contribution in [0.2, 0.25) is 0 Å². The summed E-state index contributed by atoms with van der Waals surface area (Å²) < 4.78 is 51.7. The molecule has 19 heavy (non-hydrogen) atoms. The van der Waals surface area contributed by atoms with E-state index in [-0.39, 0.29) is 11.5 Å². The molecule has 0 saturated heterocycles. The molecule has 0 spiro atoms. The van der Waals surface area contributed by atoms with Crippen LogP contribution in [-0.2, 0) is 6.18 Å². The van der Waals surface area contributed by atoms with Crippen molar-refractivity contribution in [3.63, 3.8) is 0 Å². The maximum Gasteiger partial charge on any atom is 0.416 e. The second-order valence-corrected chi connectivity index (χ2v) is 4.94. The summed E-state index contributed by atoms with van der Waals surface area (Å²) in [5.41, 5.74) is 4.33. The Balaban J connectivity index is 2.33. The molecule has 0 bridgehead atoms. The molecule has 0 radical (unpaired) electrons. The number of aliphatic hydroxyl groups is 1. The molecule has 2 atom stereocenters. The summed E-state index contributed by atoms with van der Waals surface area (Å²) in [6.45, 7) is 0. The largest absolute Gasteiger partial charge is 0.416 e. The predicted molar refractivity (Wildman–Crippen MR) is 61.7 cm³/mol. The van der Waals surface area contributed by atoms with Crippen molar-refractivity contribution in [2.75, 3.05) is 0 Å². The van der Waals surface area contributed by atoms with Crippen LogP contribution in [0.1, 0.15) is 36.4 Å². The van der Waals surface area contributed by atoms with E-state index in [1.807, 2.05) is 0 Å². The standard InChI is InChI=1S/C13H15F4NO/c14-8-4-5-10(13(15,16)17)9(6-8)11(18)12(19)7-2-1-3-7/h4-7,11-12,19H,1-3,18H2/t11-,12+/m1/s1. The van der Waals surface area contributed by atoms with Gasteiger partial charge in [0, 0.05) is 0 Å². The van der Waals surface area contributed by atoms with Gasteiger partial charge >= 0.3 is 6.18 Å². The molecule has 0 heterocycles. The Morgan fingerprint density at radius 2 is 1.89 bits per heavy atom. The third-order valence-electron chi connectivity index (χ3n) is 3.68. The average molecular weight is 277 g/mol. The lowest BCUT2D eigenvalue weighted by Gasteiger charge is -2.34. The van der Waals surface area contributed by atoms with Gasteiger partial charge in [0.2, 0.25) is 0 Å². The van der Waals surface area contributed by atoms with Crippen molar-refractivity contribution in [1.29, 1.82) is 0 Å². The first kappa shape index (κ1) is 14.3. The van der Waals surface area contributed by atoms with Gasteiger partial charge in [0.15, 0.2) is 0 Å². The monoisotopic (exact) mass is 277 g/mol. The van der Waals surface area contributed by atoms with Crippen molar-refractivity contribution >= 4 is 0 Å². The first-order valence-electron chi connectivity index (χ1n) is 6.11. The van der Waals surface area contributed by atoms with Crippen LogP contribution in [0.3, 0.4) is 0 Å². The molecule has 6 heteroatoms. The fourth-order valence-corrected chi connectivity index (χ4v) is 2.33. The van der Waals surface area contributed by atoms with E-state index in [9.17, 15) is 22.7 Å². The summed E-state index contributed by atoms with van der Waals surface area (Å²) in [5, 5.41) is 9.96. The second-order valence-electron chi connectivity index (χ2n) is 4.94. The smallest absolute Gasteiger partial charge is 0.391 e. The molecular formula is C13H15F4NO. The molecule has 1 aromatic carbocycles. The van der Waals surface area contributed by atoms with Gasteiger partial charge in [0.1, 0.15) is 5.82 Å². The van der Waals surface area contributed by atoms with Gasteiger partial charge in [-0.2, -0.15) is 13.2 Å². The van der Waals surface area contributed by atoms with Gasteiger partial charge in [0.25, 0.3) is 0 Å². The van der Waals surface area contributed by atoms with E-state index in [0.717, 1.165) is 31.4 Å². The van der Waals surface area contributed by atoms with Gasteiger partial charge in [-0.1, -0.05) is 6.42 Å². The first-order chi connectivity index (χ1) is 8.80. The Bertz CT molecular complexity index is 456. The van der Waals surface area contributed by atoms with E-state index >= 15 is 0 Å². The maximum absolute atomic E-state index is 13.2. The highest BCUT2D eigenvalue weighted by molar-refractivity contribution is 5.33. The van der Waals surface area contributed by atoms with Crippen molar-refractivity contribution in [1.82, 2.24) is 0 Å². The zero-order valence-electron chi connectivity index (χ0n) is 10.1. The molecule has 1 aliphatic rings. The Morgan fingerprint density at radius 1 is 1.26 bits per heavy atom. The lowest BCUT2D eigenvalue weighted by atomic mass is 9.77. The number of hydrogen-bond acceptors (Lipinski definition) is 2. The van der Waals surface area contributed by atoms with E-state index < -0.39 is 29.7 Å². The second kappa shape index (κ2) is 5.09. The fourth-order valence-electron chi connectivity index (χ4n) is 2.33. The van der Waals surface area contributed by atoms with Gasteiger partial charge < -0.3 is 10.8 Å². The van der Waals surface area contributed by atoms with Crippen LogP contribution in [0.25, 0.3) is 0 Å². The molecule has 2 nitrogen and oxygen atoms in total. The van der Waals surface area contributed by atoms with Crippen LogP contribution in [-0.4, -0.2) is 11.2 Å². The number of hydrogen-bond donors (Lipinski definition) is 2. The lowest BCUT2D eigenvalue weighted by Crippen LogP contribution is -2.37. The van der Waals surface area contributed by atoms with Crippen molar-refractivity contribution in [2.45, 2.75) is 37.6 Å². The van der Waals surface area contributed by atoms with Gasteiger partial charge in [-0.3, -0.25) is 0 Å². The van der Waals surface area contributed by atoms with Crippen LogP contribution in [0.5, 0.6) is 0 Å². The SMILES string of the molecule is N[C@H](c1cc(F)ccc1C(F)(F)F)[C@@H](O)C1CCC1. The summed E-state index contributed by atoms with van der Waals surface area (Å²) in [7, 11) is 0. The number of nitrogens with two attached hydrogens (primary N) is 1. The van der Waals surface area contributed by atoms with Gasteiger partial charge in [-0.05, 0) is 42.5 Å². The van der Waals surface area contributed by atoms with Crippen molar-refractivity contribution in [3.8, 4) is 0 Å². The molecule has 1 fully saturated rings. The summed E-state index contributed by atoms with van der Waals surface area (Å²) in [6.07, 6.45) is -3.27. The third kappa shape index (κ3) is 2.90. The molecule has 1 aliphatic carbocycles. The molecule has 1 saturated carbocycles. The molecule has 106 valence electrons. The topological polar surface area (TPSA) is 46.2 Å². The Morgan fingerprint density at radius 3 is 2.37 bits per heavy atom. The Hall–Kier alpha value is -1.14. The number of aliphatic hydroxyl groups excluding tert-OH is 1. The van der Waals surface area contributed by atoms with Crippen molar-refractivity contribution < 1.29 is 22.7 Å². The molecule has 0 amide bonds. The molecule has 0 aromatic heterocycles. The fraction of sp³-hybridized carbons (Fsp3) is 0.538. The van der Waals surface area contributed by atoms with E-state index in [1.54, 1.807) is 0 Å². The summed E-state index contributed by atoms with van der Waals surface area (Å²) >= 11 is 0. The zero-order valence-corrected chi connectivity index (χ0v) is 10.1. The normalized spacial score (nSPS) is 19.9. The van der Waals surface area contributed by atoms with E-state index in [1.165, 1.54) is 0 Å². The molecule has 2 rings (SSSR count). The van der Waals surface area contributed by atoms with Gasteiger partial charge in [0.05, 0.1) is 17.7 Å². The lowest BCUT2D eigenvalue weighted by molar-refractivity contribution is -0.138. The minimum Gasteiger partial charge on any atom is -0.391 e. The number of rotatable bonds is 3. The summed E-state index contributed by atoms with van der Waals surface area (Å²) in [6, 6.07) is 0.944. The maximum atomic E-state index is 13.2. The van der Waals surface area contributed by atoms with Crippen molar-refractivity contribution in [3.05, 3.63) is 35.1 Å². The quantitative estimate of drug-likeness (QED) is 0.834. The van der Waals surface area contributed by atoms with E-state index in [2.05, 4.69) is 0 Å². The predicted octanol–water partition coefficient (Wildman–Crippen LogP) is 3.01. The molecule has 1 aromatic rings. The van der Waals surface area contributed by atoms with Crippen LogP contribution in [0.15, 0.2) is 18.2 Å². The zero-order chi connectivity index (χ0) is 14.2. The first-order valence-corrected chi connectivity index (χ1v) is 6.11. The molecule has 0 aliphatic heterocycles. The number of halogens is 4.